The number of aliphatic carboxylic acids is 1. The average molecular weight is 611 g/mol. The number of carbonyl (C=O) groups is 2. The number of ether oxygens (including phenoxy) is 1. The van der Waals surface area contributed by atoms with Crippen LogP contribution in [0.1, 0.15) is 34.3 Å². The lowest BCUT2D eigenvalue weighted by molar-refractivity contribution is -0.139. The fourth-order valence-electron chi connectivity index (χ4n) is 5.47. The van der Waals surface area contributed by atoms with Crippen molar-refractivity contribution in [3.05, 3.63) is 89.5 Å². The number of nitrogens with zero attached hydrogens (tertiary/aromatic N) is 1. The number of methoxy groups -OCH3 is 1. The van der Waals surface area contributed by atoms with Crippen molar-refractivity contribution in [1.29, 1.82) is 0 Å². The molecule has 2 N–H and O–H groups in total. The lowest BCUT2D eigenvalue weighted by atomic mass is 9.93. The predicted molar refractivity (Wildman–Crippen MR) is 167 cm³/mol. The number of carboxylic acid groups (broad SMARTS) is 1. The summed E-state index contributed by atoms with van der Waals surface area (Å²) in [4.78, 5) is 27.7. The Labute approximate surface area is 252 Å². The van der Waals surface area contributed by atoms with Gasteiger partial charge in [0.05, 0.1) is 16.8 Å². The fourth-order valence-corrected chi connectivity index (χ4v) is 7.73. The first-order valence-electron chi connectivity index (χ1n) is 13.9. The first-order valence-corrected chi connectivity index (χ1v) is 16.8. The number of rotatable bonds is 13. The second-order valence-electron chi connectivity index (χ2n) is 10.6. The minimum absolute atomic E-state index is 0.0869. The minimum atomic E-state index is -3.51. The van der Waals surface area contributed by atoms with E-state index in [1.54, 1.807) is 43.5 Å². The molecule has 1 fully saturated rings. The first-order chi connectivity index (χ1) is 20.1. The number of nitrogens with one attached hydrogen (secondary N) is 1. The van der Waals surface area contributed by atoms with Crippen LogP contribution >= 0.6 is 11.8 Å². The van der Waals surface area contributed by atoms with Crippen molar-refractivity contribution in [2.75, 3.05) is 32.3 Å². The zero-order valence-electron chi connectivity index (χ0n) is 24.2. The number of benzene rings is 3. The molecule has 1 aliphatic rings. The molecule has 42 heavy (non-hydrogen) atoms. The molecule has 0 aromatic heterocycles. The van der Waals surface area contributed by atoms with E-state index in [2.05, 4.69) is 10.2 Å². The number of carbonyl (C=O) groups excluding carboxylic acids is 1. The first kappa shape index (κ1) is 31.7. The summed E-state index contributed by atoms with van der Waals surface area (Å²) < 4.78 is 32.3. The summed E-state index contributed by atoms with van der Waals surface area (Å²) >= 11 is 1.53. The highest BCUT2D eigenvalue weighted by atomic mass is 32.2. The highest BCUT2D eigenvalue weighted by molar-refractivity contribution is 7.98. The number of hydrogen-bond acceptors (Lipinski definition) is 7. The highest BCUT2D eigenvalue weighted by Gasteiger charge is 2.40. The van der Waals surface area contributed by atoms with Crippen molar-refractivity contribution in [2.24, 2.45) is 0 Å². The van der Waals surface area contributed by atoms with E-state index in [-0.39, 0.29) is 6.04 Å². The van der Waals surface area contributed by atoms with Gasteiger partial charge in [-0.15, -0.1) is 0 Å². The Bertz CT molecular complexity index is 1500. The summed E-state index contributed by atoms with van der Waals surface area (Å²) in [5.41, 5.74) is 3.87. The van der Waals surface area contributed by atoms with Crippen LogP contribution in [0.15, 0.2) is 77.7 Å². The van der Waals surface area contributed by atoms with Gasteiger partial charge in [0.15, 0.2) is 9.84 Å². The van der Waals surface area contributed by atoms with Gasteiger partial charge < -0.3 is 15.2 Å². The lowest BCUT2D eigenvalue weighted by Gasteiger charge is -2.24. The maximum Gasteiger partial charge on any atom is 0.326 e. The summed E-state index contributed by atoms with van der Waals surface area (Å²) in [6, 6.07) is 20.8. The third-order valence-electron chi connectivity index (χ3n) is 7.72. The Balaban J connectivity index is 1.64. The monoisotopic (exact) mass is 610 g/mol. The summed E-state index contributed by atoms with van der Waals surface area (Å²) in [7, 11) is -1.90. The van der Waals surface area contributed by atoms with Crippen molar-refractivity contribution in [3.63, 3.8) is 0 Å². The van der Waals surface area contributed by atoms with Crippen molar-refractivity contribution in [1.82, 2.24) is 10.2 Å². The number of thioether (sulfide) groups is 1. The molecule has 1 saturated heterocycles. The molecular weight excluding hydrogens is 572 g/mol. The van der Waals surface area contributed by atoms with Gasteiger partial charge >= 0.3 is 5.97 Å². The van der Waals surface area contributed by atoms with E-state index in [1.807, 2.05) is 49.6 Å². The standard InChI is InChI=1S/C32H38N2O6S2/c1-22-9-7-8-12-27(22)29-17-23(13-14-28(29)31(35)33-30(32(36)37)15-16-41-3)19-34-20-26(18-24(34)21-40-2)42(38,39)25-10-5-4-6-11-25/h4-14,17,24,26,30H,15-16,18-21H2,1-3H3,(H,33,35)(H,36,37)/t24?,26-,30-/m1/s1. The molecule has 1 amide bonds. The number of sulfone groups is 1. The van der Waals surface area contributed by atoms with Crippen LogP contribution in [0.4, 0.5) is 0 Å². The van der Waals surface area contributed by atoms with Gasteiger partial charge in [-0.1, -0.05) is 48.5 Å². The molecule has 0 saturated carbocycles. The number of aryl methyl sites for hydroxylation is 1. The third kappa shape index (κ3) is 7.42. The Morgan fingerprint density at radius 1 is 1.07 bits per heavy atom. The zero-order valence-corrected chi connectivity index (χ0v) is 25.8. The molecule has 0 radical (unpaired) electrons. The number of carboxylic acids is 1. The Morgan fingerprint density at radius 3 is 2.45 bits per heavy atom. The molecule has 3 aromatic carbocycles. The average Bonchev–Trinajstić information content (AvgIpc) is 3.38. The molecule has 10 heteroatoms. The van der Waals surface area contributed by atoms with E-state index in [1.165, 1.54) is 11.8 Å². The SMILES string of the molecule is COCC1C[C@@H](S(=O)(=O)c2ccccc2)CN1Cc1ccc(C(=O)N[C@H](CCSC)C(=O)O)c(-c2ccccc2C)c1. The summed E-state index contributed by atoms with van der Waals surface area (Å²) in [6.07, 6.45) is 2.68. The molecule has 224 valence electrons. The molecule has 1 aliphatic heterocycles. The van der Waals surface area contributed by atoms with Crippen LogP contribution in [-0.4, -0.2) is 79.9 Å². The van der Waals surface area contributed by atoms with Crippen LogP contribution in [0.5, 0.6) is 0 Å². The molecule has 4 rings (SSSR count). The normalized spacial score (nSPS) is 18.1. The quantitative estimate of drug-likeness (QED) is 0.287. The molecule has 0 bridgehead atoms. The van der Waals surface area contributed by atoms with Crippen LogP contribution in [0.25, 0.3) is 11.1 Å². The van der Waals surface area contributed by atoms with Crippen molar-refractivity contribution in [3.8, 4) is 11.1 Å². The Hall–Kier alpha value is -3.18. The highest BCUT2D eigenvalue weighted by Crippen LogP contribution is 2.32. The van der Waals surface area contributed by atoms with Gasteiger partial charge in [0.2, 0.25) is 0 Å². The molecule has 3 atom stereocenters. The van der Waals surface area contributed by atoms with Crippen LogP contribution in [-0.2, 0) is 25.9 Å². The molecule has 1 heterocycles. The van der Waals surface area contributed by atoms with E-state index in [0.29, 0.717) is 54.3 Å². The maximum absolute atomic E-state index is 13.4. The van der Waals surface area contributed by atoms with Gasteiger partial charge in [-0.3, -0.25) is 9.69 Å². The van der Waals surface area contributed by atoms with Crippen molar-refractivity contribution in [2.45, 2.75) is 48.5 Å². The topological polar surface area (TPSA) is 113 Å². The second kappa shape index (κ2) is 14.3. The largest absolute Gasteiger partial charge is 0.480 e. The third-order valence-corrected chi connectivity index (χ3v) is 10.5. The number of likely N-dealkylation sites (tertiary alicyclic amines) is 1. The van der Waals surface area contributed by atoms with Gasteiger partial charge in [0.1, 0.15) is 6.04 Å². The lowest BCUT2D eigenvalue weighted by Crippen LogP contribution is -2.41. The van der Waals surface area contributed by atoms with Gasteiger partial charge in [0.25, 0.3) is 5.91 Å². The van der Waals surface area contributed by atoms with E-state index in [0.717, 1.165) is 16.7 Å². The molecule has 0 spiro atoms. The van der Waals surface area contributed by atoms with Gasteiger partial charge in [0, 0.05) is 31.8 Å². The van der Waals surface area contributed by atoms with E-state index < -0.39 is 33.0 Å². The molecule has 0 aliphatic carbocycles. The van der Waals surface area contributed by atoms with Crippen LogP contribution in [0.2, 0.25) is 0 Å². The molecule has 1 unspecified atom stereocenters. The Morgan fingerprint density at radius 2 is 1.79 bits per heavy atom. The van der Waals surface area contributed by atoms with Crippen molar-refractivity contribution >= 4 is 33.5 Å². The van der Waals surface area contributed by atoms with E-state index in [9.17, 15) is 23.1 Å². The summed E-state index contributed by atoms with van der Waals surface area (Å²) in [6.45, 7) is 3.21. The molecule has 3 aromatic rings. The number of hydrogen-bond donors (Lipinski definition) is 2. The Kier molecular flexibility index (Phi) is 10.8. The summed E-state index contributed by atoms with van der Waals surface area (Å²) in [5.74, 6) is -0.897. The molecule has 8 nitrogen and oxygen atoms in total. The van der Waals surface area contributed by atoms with Gasteiger partial charge in [-0.05, 0) is 78.3 Å². The van der Waals surface area contributed by atoms with E-state index >= 15 is 0 Å². The minimum Gasteiger partial charge on any atom is -0.480 e. The van der Waals surface area contributed by atoms with Crippen LogP contribution in [0.3, 0.4) is 0 Å². The van der Waals surface area contributed by atoms with Gasteiger partial charge in [-0.25, -0.2) is 13.2 Å². The van der Waals surface area contributed by atoms with Crippen LogP contribution < -0.4 is 5.32 Å². The smallest absolute Gasteiger partial charge is 0.326 e. The van der Waals surface area contributed by atoms with Crippen molar-refractivity contribution < 1.29 is 27.9 Å². The summed E-state index contributed by atoms with van der Waals surface area (Å²) in [5, 5.41) is 11.8. The second-order valence-corrected chi connectivity index (χ2v) is 13.8. The van der Waals surface area contributed by atoms with E-state index in [4.69, 9.17) is 4.74 Å². The number of amides is 1. The van der Waals surface area contributed by atoms with Crippen LogP contribution in [0, 0.1) is 6.92 Å². The fraction of sp³-hybridized carbons (Fsp3) is 0.375. The molecular formula is C32H38N2O6S2. The zero-order chi connectivity index (χ0) is 30.3. The van der Waals surface area contributed by atoms with Gasteiger partial charge in [-0.2, -0.15) is 11.8 Å². The maximum atomic E-state index is 13.4. The predicted octanol–water partition coefficient (Wildman–Crippen LogP) is 4.66.